The van der Waals surface area contributed by atoms with Crippen LogP contribution in [-0.4, -0.2) is 4.98 Å². The van der Waals surface area contributed by atoms with Crippen LogP contribution in [0.1, 0.15) is 0 Å². The van der Waals surface area contributed by atoms with E-state index in [2.05, 4.69) is 187 Å². The standard InChI is InChI=1S/C55H36N2O2/c1-4-13-37(14-5-1)39-23-25-41(26-24-39)46-19-10-11-22-51(46)57(44-31-27-40(28-32-44)38-15-6-2-7-16-38)45-33-29-42(30-34-45)47-20-12-21-48-49-35-50-53(36-52(49)58-54(47)48)59-55(56-50)43-17-8-3-9-18-43/h1-36H. The summed E-state index contributed by atoms with van der Waals surface area (Å²) in [7, 11) is 0. The second-order valence-corrected chi connectivity index (χ2v) is 14.7. The lowest BCUT2D eigenvalue weighted by molar-refractivity contribution is 0.617. The molecule has 59 heavy (non-hydrogen) atoms. The Hall–Kier alpha value is -7.95. The summed E-state index contributed by atoms with van der Waals surface area (Å²) in [4.78, 5) is 7.18. The lowest BCUT2D eigenvalue weighted by Crippen LogP contribution is -2.11. The van der Waals surface area contributed by atoms with Gasteiger partial charge in [0.05, 0.1) is 5.69 Å². The van der Waals surface area contributed by atoms with E-state index in [1.54, 1.807) is 0 Å². The van der Waals surface area contributed by atoms with Crippen LogP contribution in [0, 0.1) is 0 Å². The average Bonchev–Trinajstić information content (AvgIpc) is 3.91. The van der Waals surface area contributed by atoms with Gasteiger partial charge in [0.1, 0.15) is 16.7 Å². The van der Waals surface area contributed by atoms with Gasteiger partial charge >= 0.3 is 0 Å². The van der Waals surface area contributed by atoms with Crippen molar-refractivity contribution in [2.75, 3.05) is 4.90 Å². The molecule has 0 unspecified atom stereocenters. The molecule has 2 heterocycles. The van der Waals surface area contributed by atoms with E-state index in [-0.39, 0.29) is 0 Å². The minimum atomic E-state index is 0.600. The molecule has 0 aliphatic heterocycles. The van der Waals surface area contributed by atoms with Gasteiger partial charge < -0.3 is 13.7 Å². The molecule has 0 saturated carbocycles. The number of oxazole rings is 1. The van der Waals surface area contributed by atoms with E-state index >= 15 is 0 Å². The molecular weight excluding hydrogens is 721 g/mol. The largest absolute Gasteiger partial charge is 0.455 e. The molecule has 2 aromatic heterocycles. The molecule has 0 aliphatic carbocycles. The number of aromatic nitrogens is 1. The third-order valence-electron chi connectivity index (χ3n) is 11.1. The first kappa shape index (κ1) is 34.3. The Balaban J connectivity index is 0.987. The first-order valence-electron chi connectivity index (χ1n) is 19.9. The zero-order valence-electron chi connectivity index (χ0n) is 32.0. The normalized spacial score (nSPS) is 11.4. The Bertz CT molecular complexity index is 3220. The Labute approximate surface area is 341 Å². The minimum Gasteiger partial charge on any atom is -0.455 e. The van der Waals surface area contributed by atoms with Crippen molar-refractivity contribution < 1.29 is 8.83 Å². The molecule has 4 nitrogen and oxygen atoms in total. The molecule has 0 N–H and O–H groups in total. The van der Waals surface area contributed by atoms with Crippen LogP contribution in [0.15, 0.2) is 227 Å². The maximum Gasteiger partial charge on any atom is 0.227 e. The molecule has 4 heteroatoms. The molecular formula is C55H36N2O2. The number of hydrogen-bond acceptors (Lipinski definition) is 4. The number of hydrogen-bond donors (Lipinski definition) is 0. The van der Waals surface area contributed by atoms with Crippen molar-refractivity contribution in [2.45, 2.75) is 0 Å². The van der Waals surface area contributed by atoms with Crippen LogP contribution in [0.2, 0.25) is 0 Å². The summed E-state index contributed by atoms with van der Waals surface area (Å²) in [6.45, 7) is 0. The maximum atomic E-state index is 6.63. The Morgan fingerprint density at radius 3 is 1.47 bits per heavy atom. The third kappa shape index (κ3) is 6.34. The van der Waals surface area contributed by atoms with Crippen molar-refractivity contribution in [3.8, 4) is 56.0 Å². The van der Waals surface area contributed by atoms with Crippen LogP contribution >= 0.6 is 0 Å². The SMILES string of the molecule is c1ccc(-c2ccc(-c3ccccc3N(c3ccc(-c4ccccc4)cc3)c3ccc(-c4cccc5c4oc4cc6oc(-c7ccccc7)nc6cc45)cc3)cc2)cc1. The summed E-state index contributed by atoms with van der Waals surface area (Å²) >= 11 is 0. The van der Waals surface area contributed by atoms with Crippen LogP contribution in [0.5, 0.6) is 0 Å². The van der Waals surface area contributed by atoms with Crippen molar-refractivity contribution in [3.05, 3.63) is 218 Å². The smallest absolute Gasteiger partial charge is 0.227 e. The van der Waals surface area contributed by atoms with Gasteiger partial charge in [0.25, 0.3) is 0 Å². The summed E-state index contributed by atoms with van der Waals surface area (Å²) in [5.74, 6) is 0.600. The number of para-hydroxylation sites is 2. The lowest BCUT2D eigenvalue weighted by Gasteiger charge is -2.28. The Morgan fingerprint density at radius 2 is 0.831 bits per heavy atom. The average molecular weight is 757 g/mol. The zero-order valence-corrected chi connectivity index (χ0v) is 32.0. The van der Waals surface area contributed by atoms with Gasteiger partial charge in [-0.1, -0.05) is 164 Å². The highest BCUT2D eigenvalue weighted by Crippen LogP contribution is 2.43. The van der Waals surface area contributed by atoms with Crippen molar-refractivity contribution in [3.63, 3.8) is 0 Å². The van der Waals surface area contributed by atoms with Crippen molar-refractivity contribution in [1.82, 2.24) is 4.98 Å². The molecule has 0 atom stereocenters. The molecule has 11 rings (SSSR count). The van der Waals surface area contributed by atoms with Crippen LogP contribution in [0.4, 0.5) is 17.1 Å². The quantitative estimate of drug-likeness (QED) is 0.155. The molecule has 278 valence electrons. The predicted octanol–water partition coefficient (Wildman–Crippen LogP) is 15.5. The third-order valence-corrected chi connectivity index (χ3v) is 11.1. The van der Waals surface area contributed by atoms with Gasteiger partial charge in [-0.2, -0.15) is 0 Å². The van der Waals surface area contributed by atoms with Crippen LogP contribution in [0.3, 0.4) is 0 Å². The van der Waals surface area contributed by atoms with E-state index < -0.39 is 0 Å². The highest BCUT2D eigenvalue weighted by Gasteiger charge is 2.20. The molecule has 9 aromatic carbocycles. The highest BCUT2D eigenvalue weighted by atomic mass is 16.4. The maximum absolute atomic E-state index is 6.63. The molecule has 0 radical (unpaired) electrons. The minimum absolute atomic E-state index is 0.600. The van der Waals surface area contributed by atoms with Gasteiger partial charge in [-0.3, -0.25) is 0 Å². The second-order valence-electron chi connectivity index (χ2n) is 14.7. The number of furan rings is 1. The number of fused-ring (bicyclic) bond motifs is 4. The van der Waals surface area contributed by atoms with Crippen molar-refractivity contribution in [2.24, 2.45) is 0 Å². The summed E-state index contributed by atoms with van der Waals surface area (Å²) in [6, 6.07) is 76.6. The van der Waals surface area contributed by atoms with E-state index in [4.69, 9.17) is 13.8 Å². The summed E-state index contributed by atoms with van der Waals surface area (Å²) in [5.41, 5.74) is 16.4. The molecule has 11 aromatic rings. The second kappa shape index (κ2) is 14.5. The summed E-state index contributed by atoms with van der Waals surface area (Å²) in [5, 5.41) is 2.05. The number of rotatable bonds is 8. The van der Waals surface area contributed by atoms with Crippen molar-refractivity contribution in [1.29, 1.82) is 0 Å². The molecule has 0 aliphatic rings. The summed E-state index contributed by atoms with van der Waals surface area (Å²) < 4.78 is 12.8. The van der Waals surface area contributed by atoms with Crippen LogP contribution in [-0.2, 0) is 0 Å². The van der Waals surface area contributed by atoms with E-state index in [1.807, 2.05) is 36.4 Å². The fraction of sp³-hybridized carbons (Fsp3) is 0. The predicted molar refractivity (Wildman–Crippen MR) is 243 cm³/mol. The molecule has 0 saturated heterocycles. The molecule has 0 fully saturated rings. The van der Waals surface area contributed by atoms with E-state index in [0.29, 0.717) is 11.5 Å². The first-order chi connectivity index (χ1) is 29.2. The lowest BCUT2D eigenvalue weighted by atomic mass is 9.98. The topological polar surface area (TPSA) is 42.4 Å². The highest BCUT2D eigenvalue weighted by molar-refractivity contribution is 6.12. The van der Waals surface area contributed by atoms with Gasteiger partial charge in [-0.05, 0) is 81.9 Å². The fourth-order valence-electron chi connectivity index (χ4n) is 8.19. The van der Waals surface area contributed by atoms with Crippen LogP contribution < -0.4 is 4.90 Å². The van der Waals surface area contributed by atoms with Crippen molar-refractivity contribution >= 4 is 50.1 Å². The number of benzene rings is 9. The van der Waals surface area contributed by atoms with Gasteiger partial charge in [0, 0.05) is 44.9 Å². The monoisotopic (exact) mass is 756 g/mol. The summed E-state index contributed by atoms with van der Waals surface area (Å²) in [6.07, 6.45) is 0. The Kier molecular flexibility index (Phi) is 8.45. The number of nitrogens with zero attached hydrogens (tertiary/aromatic N) is 2. The van der Waals surface area contributed by atoms with E-state index in [9.17, 15) is 0 Å². The van der Waals surface area contributed by atoms with Gasteiger partial charge in [-0.25, -0.2) is 4.98 Å². The first-order valence-corrected chi connectivity index (χ1v) is 19.9. The Morgan fingerprint density at radius 1 is 0.339 bits per heavy atom. The van der Waals surface area contributed by atoms with Gasteiger partial charge in [0.2, 0.25) is 5.89 Å². The molecule has 0 amide bonds. The van der Waals surface area contributed by atoms with Gasteiger partial charge in [-0.15, -0.1) is 0 Å². The van der Waals surface area contributed by atoms with E-state index in [1.165, 1.54) is 22.3 Å². The fourth-order valence-corrected chi connectivity index (χ4v) is 8.19. The molecule has 0 spiro atoms. The van der Waals surface area contributed by atoms with Crippen LogP contribution in [0.25, 0.3) is 89.0 Å². The van der Waals surface area contributed by atoms with E-state index in [0.717, 1.165) is 72.3 Å². The molecule has 0 bridgehead atoms. The van der Waals surface area contributed by atoms with Gasteiger partial charge in [0.15, 0.2) is 5.58 Å². The zero-order chi connectivity index (χ0) is 39.1. The number of anilines is 3.